The Labute approximate surface area is 116 Å². The summed E-state index contributed by atoms with van der Waals surface area (Å²) in [5, 5.41) is 3.31. The van der Waals surface area contributed by atoms with Crippen molar-refractivity contribution in [3.05, 3.63) is 0 Å². The van der Waals surface area contributed by atoms with Gasteiger partial charge in [0.1, 0.15) is 0 Å². The van der Waals surface area contributed by atoms with Crippen LogP contribution in [0.25, 0.3) is 0 Å². The summed E-state index contributed by atoms with van der Waals surface area (Å²) in [5.74, 6) is 0.511. The van der Waals surface area contributed by atoms with Gasteiger partial charge in [0.2, 0.25) is 5.91 Å². The molecule has 1 amide bonds. The highest BCUT2D eigenvalue weighted by Gasteiger charge is 2.31. The van der Waals surface area contributed by atoms with E-state index in [9.17, 15) is 4.79 Å². The van der Waals surface area contributed by atoms with Crippen molar-refractivity contribution < 1.29 is 9.53 Å². The zero-order chi connectivity index (χ0) is 12.3. The fourth-order valence-electron chi connectivity index (χ4n) is 2.77. The molecule has 2 rings (SSSR count). The molecule has 4 nitrogen and oxygen atoms in total. The van der Waals surface area contributed by atoms with Gasteiger partial charge in [-0.05, 0) is 32.7 Å². The maximum atomic E-state index is 12.4. The van der Waals surface area contributed by atoms with Crippen molar-refractivity contribution >= 4 is 18.3 Å². The van der Waals surface area contributed by atoms with Crippen LogP contribution in [0.1, 0.15) is 33.1 Å². The Kier molecular flexibility index (Phi) is 6.39. The lowest BCUT2D eigenvalue weighted by molar-refractivity contribution is -0.149. The molecule has 2 aliphatic heterocycles. The SMILES string of the molecule is CCC1CN(C(=O)C2CCCNC2)CC(C)O1.Cl. The minimum atomic E-state index is 0. The van der Waals surface area contributed by atoms with Gasteiger partial charge in [-0.3, -0.25) is 4.79 Å². The first-order valence-corrected chi connectivity index (χ1v) is 6.85. The van der Waals surface area contributed by atoms with E-state index in [2.05, 4.69) is 19.2 Å². The average molecular weight is 277 g/mol. The van der Waals surface area contributed by atoms with Crippen LogP contribution < -0.4 is 5.32 Å². The molecule has 0 aliphatic carbocycles. The third-order valence-corrected chi connectivity index (χ3v) is 3.74. The molecule has 3 atom stereocenters. The lowest BCUT2D eigenvalue weighted by atomic mass is 9.97. The number of nitrogens with zero attached hydrogens (tertiary/aromatic N) is 1. The van der Waals surface area contributed by atoms with Gasteiger partial charge in [0.05, 0.1) is 18.1 Å². The van der Waals surface area contributed by atoms with Gasteiger partial charge in [-0.15, -0.1) is 12.4 Å². The highest BCUT2D eigenvalue weighted by atomic mass is 35.5. The third kappa shape index (κ3) is 3.84. The van der Waals surface area contributed by atoms with E-state index in [-0.39, 0.29) is 30.5 Å². The maximum Gasteiger partial charge on any atom is 0.227 e. The average Bonchev–Trinajstić information content (AvgIpc) is 2.38. The van der Waals surface area contributed by atoms with E-state index in [0.29, 0.717) is 5.91 Å². The Morgan fingerprint density at radius 1 is 1.44 bits per heavy atom. The van der Waals surface area contributed by atoms with Crippen molar-refractivity contribution in [2.45, 2.75) is 45.3 Å². The minimum absolute atomic E-state index is 0. The fourth-order valence-corrected chi connectivity index (χ4v) is 2.77. The second-order valence-corrected chi connectivity index (χ2v) is 5.26. The van der Waals surface area contributed by atoms with E-state index in [1.54, 1.807) is 0 Å². The largest absolute Gasteiger partial charge is 0.372 e. The number of morpholine rings is 1. The number of amides is 1. The van der Waals surface area contributed by atoms with E-state index >= 15 is 0 Å². The molecule has 0 aromatic rings. The van der Waals surface area contributed by atoms with Crippen LogP contribution in [0.2, 0.25) is 0 Å². The van der Waals surface area contributed by atoms with Gasteiger partial charge >= 0.3 is 0 Å². The Morgan fingerprint density at radius 3 is 2.83 bits per heavy atom. The topological polar surface area (TPSA) is 41.6 Å². The molecule has 18 heavy (non-hydrogen) atoms. The first-order chi connectivity index (χ1) is 8.20. The van der Waals surface area contributed by atoms with Crippen molar-refractivity contribution in [3.63, 3.8) is 0 Å². The van der Waals surface area contributed by atoms with Crippen molar-refractivity contribution in [2.24, 2.45) is 5.92 Å². The Balaban J connectivity index is 0.00000162. The van der Waals surface area contributed by atoms with E-state index in [4.69, 9.17) is 4.74 Å². The van der Waals surface area contributed by atoms with E-state index in [1.165, 1.54) is 0 Å². The van der Waals surface area contributed by atoms with Gasteiger partial charge in [-0.2, -0.15) is 0 Å². The van der Waals surface area contributed by atoms with Gasteiger partial charge in [0.15, 0.2) is 0 Å². The number of nitrogens with one attached hydrogen (secondary N) is 1. The van der Waals surface area contributed by atoms with Crippen LogP contribution in [0.15, 0.2) is 0 Å². The molecule has 0 aromatic heterocycles. The van der Waals surface area contributed by atoms with Gasteiger partial charge in [0.25, 0.3) is 0 Å². The molecule has 2 aliphatic rings. The Morgan fingerprint density at radius 2 is 2.22 bits per heavy atom. The van der Waals surface area contributed by atoms with Crippen LogP contribution in [0.3, 0.4) is 0 Å². The molecule has 0 bridgehead atoms. The second-order valence-electron chi connectivity index (χ2n) is 5.26. The number of hydrogen-bond acceptors (Lipinski definition) is 3. The van der Waals surface area contributed by atoms with Crippen LogP contribution in [0, 0.1) is 5.92 Å². The highest BCUT2D eigenvalue weighted by Crippen LogP contribution is 2.19. The molecular formula is C13H25ClN2O2. The second kappa shape index (κ2) is 7.31. The summed E-state index contributed by atoms with van der Waals surface area (Å²) in [6.07, 6.45) is 3.53. The number of hydrogen-bond donors (Lipinski definition) is 1. The van der Waals surface area contributed by atoms with Gasteiger partial charge in [0, 0.05) is 19.6 Å². The van der Waals surface area contributed by atoms with Crippen molar-refractivity contribution in [1.29, 1.82) is 0 Å². The number of halogens is 1. The third-order valence-electron chi connectivity index (χ3n) is 3.74. The lowest BCUT2D eigenvalue weighted by Gasteiger charge is -2.38. The number of rotatable bonds is 2. The van der Waals surface area contributed by atoms with E-state index in [0.717, 1.165) is 45.4 Å². The Bertz CT molecular complexity index is 270. The number of carbonyl (C=O) groups is 1. The van der Waals surface area contributed by atoms with Crippen molar-refractivity contribution in [1.82, 2.24) is 10.2 Å². The zero-order valence-corrected chi connectivity index (χ0v) is 12.2. The summed E-state index contributed by atoms with van der Waals surface area (Å²) in [4.78, 5) is 14.4. The van der Waals surface area contributed by atoms with Crippen molar-refractivity contribution in [2.75, 3.05) is 26.2 Å². The maximum absolute atomic E-state index is 12.4. The predicted molar refractivity (Wildman–Crippen MR) is 74.0 cm³/mol. The quantitative estimate of drug-likeness (QED) is 0.830. The molecule has 0 spiro atoms. The van der Waals surface area contributed by atoms with Gasteiger partial charge in [-0.1, -0.05) is 6.92 Å². The van der Waals surface area contributed by atoms with Crippen LogP contribution >= 0.6 is 12.4 Å². The molecule has 2 heterocycles. The highest BCUT2D eigenvalue weighted by molar-refractivity contribution is 5.85. The standard InChI is InChI=1S/C13H24N2O2.ClH/c1-3-12-9-15(8-10(2)17-12)13(16)11-5-4-6-14-7-11;/h10-12,14H,3-9H2,1-2H3;1H. The molecule has 2 fully saturated rings. The fraction of sp³-hybridized carbons (Fsp3) is 0.923. The number of piperidine rings is 1. The Hall–Kier alpha value is -0.320. The van der Waals surface area contributed by atoms with Crippen LogP contribution in [-0.2, 0) is 9.53 Å². The molecule has 1 N–H and O–H groups in total. The monoisotopic (exact) mass is 276 g/mol. The molecule has 0 radical (unpaired) electrons. The number of carbonyl (C=O) groups excluding carboxylic acids is 1. The first-order valence-electron chi connectivity index (χ1n) is 6.85. The van der Waals surface area contributed by atoms with Crippen LogP contribution in [-0.4, -0.2) is 49.2 Å². The minimum Gasteiger partial charge on any atom is -0.372 e. The predicted octanol–water partition coefficient (Wildman–Crippen LogP) is 1.43. The smallest absolute Gasteiger partial charge is 0.227 e. The first kappa shape index (κ1) is 15.7. The molecule has 3 unspecified atom stereocenters. The van der Waals surface area contributed by atoms with E-state index in [1.807, 2.05) is 4.90 Å². The molecule has 106 valence electrons. The molecule has 0 saturated carbocycles. The van der Waals surface area contributed by atoms with Crippen LogP contribution in [0.4, 0.5) is 0 Å². The van der Waals surface area contributed by atoms with E-state index < -0.39 is 0 Å². The molecule has 0 aromatic carbocycles. The molecular weight excluding hydrogens is 252 g/mol. The normalized spacial score (nSPS) is 32.8. The summed E-state index contributed by atoms with van der Waals surface area (Å²) >= 11 is 0. The van der Waals surface area contributed by atoms with Crippen molar-refractivity contribution in [3.8, 4) is 0 Å². The summed E-state index contributed by atoms with van der Waals surface area (Å²) in [5.41, 5.74) is 0. The van der Waals surface area contributed by atoms with Crippen LogP contribution in [0.5, 0.6) is 0 Å². The zero-order valence-electron chi connectivity index (χ0n) is 11.4. The number of ether oxygens (including phenoxy) is 1. The summed E-state index contributed by atoms with van der Waals surface area (Å²) in [6.45, 7) is 7.61. The summed E-state index contributed by atoms with van der Waals surface area (Å²) in [6, 6.07) is 0. The van der Waals surface area contributed by atoms with Gasteiger partial charge < -0.3 is 15.0 Å². The summed E-state index contributed by atoms with van der Waals surface area (Å²) in [7, 11) is 0. The lowest BCUT2D eigenvalue weighted by Crippen LogP contribution is -2.52. The van der Waals surface area contributed by atoms with Gasteiger partial charge in [-0.25, -0.2) is 0 Å². The summed E-state index contributed by atoms with van der Waals surface area (Å²) < 4.78 is 5.79. The molecule has 5 heteroatoms. The molecule has 2 saturated heterocycles.